The maximum absolute atomic E-state index is 5.40. The number of rotatable bonds is 3. The summed E-state index contributed by atoms with van der Waals surface area (Å²) in [6.07, 6.45) is 5.02. The van der Waals surface area contributed by atoms with Gasteiger partial charge in [0.1, 0.15) is 16.6 Å². The van der Waals surface area contributed by atoms with Crippen molar-refractivity contribution in [2.45, 2.75) is 0 Å². The van der Waals surface area contributed by atoms with Gasteiger partial charge in [0.05, 0.1) is 0 Å². The predicted octanol–water partition coefficient (Wildman–Crippen LogP) is 2.82. The number of benzene rings is 1. The molecule has 0 fully saturated rings. The highest BCUT2D eigenvalue weighted by Gasteiger charge is 2.09. The molecule has 3 aromatic rings. The third-order valence-corrected chi connectivity index (χ3v) is 3.61. The maximum atomic E-state index is 5.40. The second-order valence-electron chi connectivity index (χ2n) is 4.06. The molecule has 0 spiro atoms. The molecular formula is C13H11BrN6. The van der Waals surface area contributed by atoms with E-state index in [9.17, 15) is 0 Å². The fourth-order valence-electron chi connectivity index (χ4n) is 1.92. The number of pyridine rings is 1. The third kappa shape index (κ3) is 2.28. The summed E-state index contributed by atoms with van der Waals surface area (Å²) in [7, 11) is 0. The number of halogens is 1. The van der Waals surface area contributed by atoms with Gasteiger partial charge < -0.3 is 10.7 Å². The number of hydrazine groups is 1. The lowest BCUT2D eigenvalue weighted by atomic mass is 10.1. The Hall–Kier alpha value is -2.25. The van der Waals surface area contributed by atoms with Gasteiger partial charge in [0.2, 0.25) is 0 Å². The van der Waals surface area contributed by atoms with Crippen LogP contribution in [0.5, 0.6) is 0 Å². The molecule has 4 N–H and O–H groups in total. The van der Waals surface area contributed by atoms with E-state index < -0.39 is 0 Å². The summed E-state index contributed by atoms with van der Waals surface area (Å²) in [5.74, 6) is 6.55. The van der Waals surface area contributed by atoms with Gasteiger partial charge in [-0.05, 0) is 28.1 Å². The van der Waals surface area contributed by atoms with Crippen molar-refractivity contribution in [2.75, 3.05) is 10.7 Å². The number of nitrogens with zero attached hydrogens (tertiary/aromatic N) is 3. The number of anilines is 3. The Morgan fingerprint density at radius 1 is 1.10 bits per heavy atom. The van der Waals surface area contributed by atoms with Crippen LogP contribution in [-0.4, -0.2) is 15.0 Å². The highest BCUT2D eigenvalue weighted by Crippen LogP contribution is 2.31. The molecule has 0 amide bonds. The van der Waals surface area contributed by atoms with E-state index in [1.807, 2.05) is 30.5 Å². The standard InChI is InChI=1S/C13H11BrN6/c14-11-12(17-7-18-13(11)20-15)19-10-3-1-2-8-6-16-5-4-9(8)10/h1-7H,15H2,(H2,17,18,19,20). The van der Waals surface area contributed by atoms with Crippen molar-refractivity contribution in [2.24, 2.45) is 5.84 Å². The van der Waals surface area contributed by atoms with Crippen molar-refractivity contribution < 1.29 is 0 Å². The molecule has 2 aromatic heterocycles. The van der Waals surface area contributed by atoms with Crippen LogP contribution in [-0.2, 0) is 0 Å². The number of aromatic nitrogens is 3. The van der Waals surface area contributed by atoms with Crippen molar-refractivity contribution >= 4 is 44.0 Å². The zero-order valence-electron chi connectivity index (χ0n) is 10.3. The summed E-state index contributed by atoms with van der Waals surface area (Å²) in [6, 6.07) is 7.90. The minimum absolute atomic E-state index is 0.518. The Kier molecular flexibility index (Phi) is 3.44. The molecular weight excluding hydrogens is 320 g/mol. The Morgan fingerprint density at radius 2 is 1.95 bits per heavy atom. The quantitative estimate of drug-likeness (QED) is 0.505. The molecule has 3 rings (SSSR count). The molecule has 2 heterocycles. The van der Waals surface area contributed by atoms with Crippen LogP contribution >= 0.6 is 15.9 Å². The Bertz CT molecular complexity index is 755. The number of nitrogen functional groups attached to an aromatic ring is 1. The Morgan fingerprint density at radius 3 is 2.80 bits per heavy atom. The van der Waals surface area contributed by atoms with Crippen molar-refractivity contribution in [3.8, 4) is 0 Å². The number of nitrogens with two attached hydrogens (primary N) is 1. The summed E-state index contributed by atoms with van der Waals surface area (Å²) >= 11 is 3.42. The molecule has 20 heavy (non-hydrogen) atoms. The first-order valence-corrected chi connectivity index (χ1v) is 6.66. The SMILES string of the molecule is NNc1ncnc(Nc2cccc3cnccc23)c1Br. The molecule has 6 nitrogen and oxygen atoms in total. The molecule has 0 saturated heterocycles. The summed E-state index contributed by atoms with van der Waals surface area (Å²) in [6.45, 7) is 0. The lowest BCUT2D eigenvalue weighted by Crippen LogP contribution is -2.10. The van der Waals surface area contributed by atoms with Crippen LogP contribution in [0.25, 0.3) is 10.8 Å². The van der Waals surface area contributed by atoms with Gasteiger partial charge >= 0.3 is 0 Å². The van der Waals surface area contributed by atoms with Gasteiger partial charge in [-0.3, -0.25) is 4.98 Å². The molecule has 0 bridgehead atoms. The fraction of sp³-hybridized carbons (Fsp3) is 0. The smallest absolute Gasteiger partial charge is 0.159 e. The molecule has 7 heteroatoms. The van der Waals surface area contributed by atoms with E-state index in [-0.39, 0.29) is 0 Å². The van der Waals surface area contributed by atoms with Crippen LogP contribution in [0.15, 0.2) is 47.5 Å². The Labute approximate surface area is 123 Å². The maximum Gasteiger partial charge on any atom is 0.159 e. The third-order valence-electron chi connectivity index (χ3n) is 2.86. The van der Waals surface area contributed by atoms with Gasteiger partial charge in [-0.1, -0.05) is 12.1 Å². The molecule has 100 valence electrons. The average molecular weight is 331 g/mol. The van der Waals surface area contributed by atoms with Crippen LogP contribution in [0.4, 0.5) is 17.3 Å². The summed E-state index contributed by atoms with van der Waals surface area (Å²) in [4.78, 5) is 12.3. The van der Waals surface area contributed by atoms with Gasteiger partial charge in [0.25, 0.3) is 0 Å². The van der Waals surface area contributed by atoms with Crippen LogP contribution in [0, 0.1) is 0 Å². The normalized spacial score (nSPS) is 10.5. The zero-order chi connectivity index (χ0) is 13.9. The first-order valence-electron chi connectivity index (χ1n) is 5.86. The summed E-state index contributed by atoms with van der Waals surface area (Å²) in [5.41, 5.74) is 3.45. The van der Waals surface area contributed by atoms with E-state index in [2.05, 4.69) is 41.6 Å². The van der Waals surface area contributed by atoms with Gasteiger partial charge in [0, 0.05) is 28.9 Å². The summed E-state index contributed by atoms with van der Waals surface area (Å²) in [5, 5.41) is 5.39. The minimum atomic E-state index is 0.518. The van der Waals surface area contributed by atoms with Crippen molar-refractivity contribution in [1.82, 2.24) is 15.0 Å². The zero-order valence-corrected chi connectivity index (χ0v) is 11.9. The molecule has 0 aliphatic heterocycles. The highest BCUT2D eigenvalue weighted by molar-refractivity contribution is 9.10. The van der Waals surface area contributed by atoms with Crippen molar-refractivity contribution in [3.63, 3.8) is 0 Å². The van der Waals surface area contributed by atoms with Crippen LogP contribution in [0.1, 0.15) is 0 Å². The van der Waals surface area contributed by atoms with Crippen LogP contribution in [0.3, 0.4) is 0 Å². The van der Waals surface area contributed by atoms with Crippen LogP contribution in [0.2, 0.25) is 0 Å². The molecule has 0 aliphatic carbocycles. The highest BCUT2D eigenvalue weighted by atomic mass is 79.9. The lowest BCUT2D eigenvalue weighted by molar-refractivity contribution is 1.12. The van der Waals surface area contributed by atoms with Gasteiger partial charge in [-0.2, -0.15) is 0 Å². The predicted molar refractivity (Wildman–Crippen MR) is 82.6 cm³/mol. The number of nitrogens with one attached hydrogen (secondary N) is 2. The van der Waals surface area contributed by atoms with E-state index in [0.717, 1.165) is 16.5 Å². The van der Waals surface area contributed by atoms with E-state index in [1.54, 1.807) is 6.20 Å². The van der Waals surface area contributed by atoms with E-state index in [4.69, 9.17) is 5.84 Å². The molecule has 0 aliphatic rings. The van der Waals surface area contributed by atoms with Gasteiger partial charge in [-0.15, -0.1) is 0 Å². The topological polar surface area (TPSA) is 88.8 Å². The molecule has 0 unspecified atom stereocenters. The molecule has 0 saturated carbocycles. The number of hydrogen-bond acceptors (Lipinski definition) is 6. The summed E-state index contributed by atoms with van der Waals surface area (Å²) < 4.78 is 0.675. The van der Waals surface area contributed by atoms with Crippen molar-refractivity contribution in [3.05, 3.63) is 47.5 Å². The molecule has 0 radical (unpaired) electrons. The molecule has 0 atom stereocenters. The van der Waals surface area contributed by atoms with Crippen LogP contribution < -0.4 is 16.6 Å². The van der Waals surface area contributed by atoms with Gasteiger partial charge in [-0.25, -0.2) is 15.8 Å². The van der Waals surface area contributed by atoms with E-state index in [1.165, 1.54) is 6.33 Å². The molecule has 1 aromatic carbocycles. The van der Waals surface area contributed by atoms with Crippen molar-refractivity contribution in [1.29, 1.82) is 0 Å². The van der Waals surface area contributed by atoms with E-state index >= 15 is 0 Å². The second kappa shape index (κ2) is 5.40. The second-order valence-corrected chi connectivity index (χ2v) is 4.85. The first kappa shape index (κ1) is 12.8. The average Bonchev–Trinajstić information content (AvgIpc) is 2.50. The van der Waals surface area contributed by atoms with Gasteiger partial charge in [0.15, 0.2) is 5.82 Å². The lowest BCUT2D eigenvalue weighted by Gasteiger charge is -2.11. The monoisotopic (exact) mass is 330 g/mol. The first-order chi connectivity index (χ1) is 9.79. The fourth-order valence-corrected chi connectivity index (χ4v) is 2.34. The largest absolute Gasteiger partial charge is 0.339 e. The number of hydrogen-bond donors (Lipinski definition) is 3. The Balaban J connectivity index is 2.06. The number of fused-ring (bicyclic) bond motifs is 1. The minimum Gasteiger partial charge on any atom is -0.339 e. The van der Waals surface area contributed by atoms with E-state index in [0.29, 0.717) is 16.1 Å².